The van der Waals surface area contributed by atoms with Crippen molar-refractivity contribution in [1.82, 2.24) is 15.1 Å². The summed E-state index contributed by atoms with van der Waals surface area (Å²) < 4.78 is 36.9. The number of nitrogens with two attached hydrogens (primary N) is 1. The Labute approximate surface area is 105 Å². The SMILES string of the molecule is Cn1ncc(C(N)=S)c1NC(=O)NCC(F)(F)F. The predicted molar refractivity (Wildman–Crippen MR) is 62.2 cm³/mol. The Balaban J connectivity index is 2.70. The number of carbonyl (C=O) groups is 1. The third-order valence-corrected chi connectivity index (χ3v) is 2.11. The number of hydrogen-bond acceptors (Lipinski definition) is 3. The van der Waals surface area contributed by atoms with E-state index in [-0.39, 0.29) is 16.4 Å². The smallest absolute Gasteiger partial charge is 0.389 e. The van der Waals surface area contributed by atoms with Crippen molar-refractivity contribution in [3.63, 3.8) is 0 Å². The fourth-order valence-electron chi connectivity index (χ4n) is 1.10. The highest BCUT2D eigenvalue weighted by molar-refractivity contribution is 7.80. The lowest BCUT2D eigenvalue weighted by Gasteiger charge is -2.10. The Morgan fingerprint density at radius 2 is 2.22 bits per heavy atom. The standard InChI is InChI=1S/C8H10F3N5OS/c1-16-6(4(2-14-16)5(12)18)15-7(17)13-3-8(9,10)11/h2H,3H2,1H3,(H2,12,18)(H2,13,15,17). The van der Waals surface area contributed by atoms with Crippen molar-refractivity contribution in [1.29, 1.82) is 0 Å². The van der Waals surface area contributed by atoms with Crippen LogP contribution in [0.1, 0.15) is 5.56 Å². The Kier molecular flexibility index (Phi) is 4.11. The molecule has 0 spiro atoms. The Morgan fingerprint density at radius 1 is 1.61 bits per heavy atom. The zero-order valence-electron chi connectivity index (χ0n) is 9.21. The average molecular weight is 281 g/mol. The number of aromatic nitrogens is 2. The first-order chi connectivity index (χ1) is 8.20. The molecule has 0 bridgehead atoms. The molecule has 18 heavy (non-hydrogen) atoms. The molecule has 0 radical (unpaired) electrons. The van der Waals surface area contributed by atoms with Gasteiger partial charge in [0.2, 0.25) is 0 Å². The van der Waals surface area contributed by atoms with Crippen molar-refractivity contribution in [3.05, 3.63) is 11.8 Å². The normalized spacial score (nSPS) is 11.1. The fraction of sp³-hybridized carbons (Fsp3) is 0.375. The quantitative estimate of drug-likeness (QED) is 0.713. The second-order valence-electron chi connectivity index (χ2n) is 3.32. The van der Waals surface area contributed by atoms with Crippen LogP contribution in [0.25, 0.3) is 0 Å². The topological polar surface area (TPSA) is 85.0 Å². The third-order valence-electron chi connectivity index (χ3n) is 1.89. The highest BCUT2D eigenvalue weighted by Crippen LogP contribution is 2.14. The number of anilines is 1. The summed E-state index contributed by atoms with van der Waals surface area (Å²) in [6.45, 7) is -1.43. The van der Waals surface area contributed by atoms with E-state index in [1.165, 1.54) is 17.9 Å². The largest absolute Gasteiger partial charge is 0.405 e. The average Bonchev–Trinajstić information content (AvgIpc) is 2.57. The van der Waals surface area contributed by atoms with Crippen LogP contribution in [0.15, 0.2) is 6.20 Å². The minimum atomic E-state index is -4.48. The van der Waals surface area contributed by atoms with Crippen LogP contribution in [0.2, 0.25) is 0 Å². The number of rotatable bonds is 3. The van der Waals surface area contributed by atoms with Gasteiger partial charge in [0.15, 0.2) is 0 Å². The molecule has 4 N–H and O–H groups in total. The Morgan fingerprint density at radius 3 is 2.72 bits per heavy atom. The van der Waals surface area contributed by atoms with Crippen molar-refractivity contribution in [2.75, 3.05) is 11.9 Å². The molecule has 0 saturated heterocycles. The van der Waals surface area contributed by atoms with Crippen molar-refractivity contribution in [2.45, 2.75) is 6.18 Å². The number of nitrogens with zero attached hydrogens (tertiary/aromatic N) is 2. The molecule has 10 heteroatoms. The summed E-state index contributed by atoms with van der Waals surface area (Å²) in [6, 6.07) is -1.02. The Bertz CT molecular complexity index is 470. The summed E-state index contributed by atoms with van der Waals surface area (Å²) in [4.78, 5) is 11.2. The highest BCUT2D eigenvalue weighted by Gasteiger charge is 2.28. The van der Waals surface area contributed by atoms with Gasteiger partial charge in [-0.05, 0) is 0 Å². The van der Waals surface area contributed by atoms with Crippen LogP contribution in [0.4, 0.5) is 23.8 Å². The minimum Gasteiger partial charge on any atom is -0.389 e. The van der Waals surface area contributed by atoms with Crippen LogP contribution in [-0.2, 0) is 7.05 Å². The van der Waals surface area contributed by atoms with Gasteiger partial charge in [-0.25, -0.2) is 4.79 Å². The third kappa shape index (κ3) is 3.87. The summed E-state index contributed by atoms with van der Waals surface area (Å²) in [6.07, 6.45) is -3.17. The molecule has 6 nitrogen and oxygen atoms in total. The second-order valence-corrected chi connectivity index (χ2v) is 3.76. The number of amides is 2. The first kappa shape index (κ1) is 14.2. The molecule has 0 aliphatic carbocycles. The number of nitrogens with one attached hydrogen (secondary N) is 2. The molecule has 0 fully saturated rings. The second kappa shape index (κ2) is 5.21. The number of aryl methyl sites for hydroxylation is 1. The number of urea groups is 1. The number of hydrogen-bond donors (Lipinski definition) is 3. The van der Waals surface area contributed by atoms with Gasteiger partial charge in [0, 0.05) is 7.05 Å². The summed E-state index contributed by atoms with van der Waals surface area (Å²) in [7, 11) is 1.49. The van der Waals surface area contributed by atoms with Gasteiger partial charge in [0.05, 0.1) is 11.8 Å². The van der Waals surface area contributed by atoms with Crippen LogP contribution >= 0.6 is 12.2 Å². The van der Waals surface area contributed by atoms with E-state index in [4.69, 9.17) is 18.0 Å². The monoisotopic (exact) mass is 281 g/mol. The van der Waals surface area contributed by atoms with Gasteiger partial charge in [0.1, 0.15) is 17.4 Å². The Hall–Kier alpha value is -1.84. The van der Waals surface area contributed by atoms with Gasteiger partial charge in [-0.1, -0.05) is 12.2 Å². The molecule has 0 atom stereocenters. The molecule has 0 aliphatic heterocycles. The van der Waals surface area contributed by atoms with Gasteiger partial charge in [0.25, 0.3) is 0 Å². The van der Waals surface area contributed by atoms with Crippen LogP contribution in [0, 0.1) is 0 Å². The molecule has 0 unspecified atom stereocenters. The summed E-state index contributed by atoms with van der Waals surface area (Å²) in [5, 5.41) is 7.63. The fourth-order valence-corrected chi connectivity index (χ4v) is 1.25. The molecular formula is C8H10F3N5OS. The number of alkyl halides is 3. The van der Waals surface area contributed by atoms with Gasteiger partial charge in [-0.2, -0.15) is 18.3 Å². The van der Waals surface area contributed by atoms with Crippen LogP contribution in [0.3, 0.4) is 0 Å². The van der Waals surface area contributed by atoms with E-state index in [0.717, 1.165) is 0 Å². The zero-order valence-corrected chi connectivity index (χ0v) is 10.0. The van der Waals surface area contributed by atoms with Crippen molar-refractivity contribution in [3.8, 4) is 0 Å². The molecular weight excluding hydrogens is 271 g/mol. The van der Waals surface area contributed by atoms with Crippen LogP contribution in [0.5, 0.6) is 0 Å². The van der Waals surface area contributed by atoms with E-state index in [1.807, 2.05) is 0 Å². The van der Waals surface area contributed by atoms with Crippen molar-refractivity contribution < 1.29 is 18.0 Å². The number of thiocarbonyl (C=S) groups is 1. The minimum absolute atomic E-state index is 0.0192. The van der Waals surface area contributed by atoms with Gasteiger partial charge < -0.3 is 11.1 Å². The molecule has 1 rings (SSSR count). The number of halogens is 3. The van der Waals surface area contributed by atoms with Gasteiger partial charge in [-0.15, -0.1) is 0 Å². The predicted octanol–water partition coefficient (Wildman–Crippen LogP) is 0.738. The molecule has 0 aromatic carbocycles. The number of carbonyl (C=O) groups excluding carboxylic acids is 1. The van der Waals surface area contributed by atoms with E-state index in [1.54, 1.807) is 5.32 Å². The van der Waals surface area contributed by atoms with Gasteiger partial charge in [-0.3, -0.25) is 10.00 Å². The summed E-state index contributed by atoms with van der Waals surface area (Å²) in [5.74, 6) is 0.127. The molecule has 100 valence electrons. The van der Waals surface area contributed by atoms with E-state index < -0.39 is 18.8 Å². The van der Waals surface area contributed by atoms with Crippen LogP contribution < -0.4 is 16.4 Å². The molecule has 2 amide bonds. The lowest BCUT2D eigenvalue weighted by Crippen LogP contribution is -2.37. The maximum atomic E-state index is 11.9. The molecule has 1 aromatic heterocycles. The molecule has 1 aromatic rings. The van der Waals surface area contributed by atoms with E-state index in [9.17, 15) is 18.0 Å². The highest BCUT2D eigenvalue weighted by atomic mass is 32.1. The van der Waals surface area contributed by atoms with Crippen molar-refractivity contribution in [2.24, 2.45) is 12.8 Å². The lowest BCUT2D eigenvalue weighted by atomic mass is 10.3. The van der Waals surface area contributed by atoms with E-state index in [0.29, 0.717) is 0 Å². The van der Waals surface area contributed by atoms with E-state index in [2.05, 4.69) is 10.4 Å². The zero-order chi connectivity index (χ0) is 13.9. The van der Waals surface area contributed by atoms with E-state index >= 15 is 0 Å². The van der Waals surface area contributed by atoms with Crippen LogP contribution in [-0.4, -0.2) is 33.5 Å². The first-order valence-electron chi connectivity index (χ1n) is 4.64. The van der Waals surface area contributed by atoms with Crippen molar-refractivity contribution >= 4 is 29.1 Å². The summed E-state index contributed by atoms with van der Waals surface area (Å²) in [5.41, 5.74) is 5.65. The molecule has 0 saturated carbocycles. The lowest BCUT2D eigenvalue weighted by molar-refractivity contribution is -0.122. The maximum absolute atomic E-state index is 11.9. The maximum Gasteiger partial charge on any atom is 0.405 e. The van der Waals surface area contributed by atoms with Gasteiger partial charge >= 0.3 is 12.2 Å². The molecule has 0 aliphatic rings. The first-order valence-corrected chi connectivity index (χ1v) is 5.05. The summed E-state index contributed by atoms with van der Waals surface area (Å²) >= 11 is 4.71. The molecule has 1 heterocycles.